The van der Waals surface area contributed by atoms with E-state index in [4.69, 9.17) is 4.52 Å². The van der Waals surface area contributed by atoms with Gasteiger partial charge in [0.25, 0.3) is 0 Å². The monoisotopic (exact) mass is 328 g/mol. The highest BCUT2D eigenvalue weighted by molar-refractivity contribution is 5.78. The predicted molar refractivity (Wildman–Crippen MR) is 90.3 cm³/mol. The number of hydrogen-bond donors (Lipinski definition) is 0. The normalized spacial score (nSPS) is 15.9. The topological polar surface area (TPSA) is 72.1 Å². The number of pyridine rings is 1. The second-order valence-electron chi connectivity index (χ2n) is 6.58. The van der Waals surface area contributed by atoms with Crippen molar-refractivity contribution in [1.82, 2.24) is 20.0 Å². The Bertz CT molecular complexity index is 703. The Kier molecular flexibility index (Phi) is 4.92. The molecule has 6 heteroatoms. The summed E-state index contributed by atoms with van der Waals surface area (Å²) in [4.78, 5) is 23.0. The van der Waals surface area contributed by atoms with E-state index in [2.05, 4.69) is 22.0 Å². The van der Waals surface area contributed by atoms with Gasteiger partial charge in [0.2, 0.25) is 17.6 Å². The Hall–Kier alpha value is -2.24. The SMILES string of the molecule is CCc1cccnc1-c1noc(C2CCN(C(=O)C(C)C)CC2)n1. The fraction of sp³-hybridized carbons (Fsp3) is 0.556. The first-order valence-corrected chi connectivity index (χ1v) is 8.66. The van der Waals surface area contributed by atoms with Crippen molar-refractivity contribution in [3.05, 3.63) is 29.8 Å². The van der Waals surface area contributed by atoms with Crippen LogP contribution in [0.1, 0.15) is 51.0 Å². The Morgan fingerprint density at radius 3 is 2.79 bits per heavy atom. The third-order valence-corrected chi connectivity index (χ3v) is 4.58. The van der Waals surface area contributed by atoms with E-state index in [0.29, 0.717) is 11.7 Å². The van der Waals surface area contributed by atoms with Crippen LogP contribution in [0.25, 0.3) is 11.5 Å². The van der Waals surface area contributed by atoms with Crippen LogP contribution >= 0.6 is 0 Å². The quantitative estimate of drug-likeness (QED) is 0.862. The van der Waals surface area contributed by atoms with E-state index in [-0.39, 0.29) is 17.7 Å². The molecule has 2 aromatic heterocycles. The van der Waals surface area contributed by atoms with Gasteiger partial charge in [-0.1, -0.05) is 32.0 Å². The average molecular weight is 328 g/mol. The Labute approximate surface area is 142 Å². The van der Waals surface area contributed by atoms with Gasteiger partial charge in [0, 0.05) is 31.1 Å². The molecule has 0 aliphatic carbocycles. The molecule has 1 saturated heterocycles. The summed E-state index contributed by atoms with van der Waals surface area (Å²) >= 11 is 0. The number of aryl methyl sites for hydroxylation is 1. The lowest BCUT2D eigenvalue weighted by Gasteiger charge is -2.31. The van der Waals surface area contributed by atoms with Crippen LogP contribution in [0.4, 0.5) is 0 Å². The maximum absolute atomic E-state index is 12.1. The molecule has 128 valence electrons. The zero-order valence-electron chi connectivity index (χ0n) is 14.5. The average Bonchev–Trinajstić information content (AvgIpc) is 3.11. The maximum atomic E-state index is 12.1. The maximum Gasteiger partial charge on any atom is 0.230 e. The summed E-state index contributed by atoms with van der Waals surface area (Å²) < 4.78 is 5.50. The summed E-state index contributed by atoms with van der Waals surface area (Å²) in [6.45, 7) is 7.48. The highest BCUT2D eigenvalue weighted by Crippen LogP contribution is 2.29. The number of aromatic nitrogens is 3. The summed E-state index contributed by atoms with van der Waals surface area (Å²) in [5.74, 6) is 1.71. The number of likely N-dealkylation sites (tertiary alicyclic amines) is 1. The van der Waals surface area contributed by atoms with Crippen molar-refractivity contribution < 1.29 is 9.32 Å². The number of amides is 1. The second kappa shape index (κ2) is 7.11. The van der Waals surface area contributed by atoms with Crippen molar-refractivity contribution in [2.24, 2.45) is 5.92 Å². The van der Waals surface area contributed by atoms with Gasteiger partial charge in [-0.2, -0.15) is 4.98 Å². The van der Waals surface area contributed by atoms with E-state index in [0.717, 1.165) is 43.6 Å². The van der Waals surface area contributed by atoms with Crippen LogP contribution in [0.5, 0.6) is 0 Å². The van der Waals surface area contributed by atoms with Crippen molar-refractivity contribution in [3.63, 3.8) is 0 Å². The van der Waals surface area contributed by atoms with Gasteiger partial charge >= 0.3 is 0 Å². The van der Waals surface area contributed by atoms with Gasteiger partial charge in [0.15, 0.2) is 0 Å². The molecule has 0 radical (unpaired) electrons. The van der Waals surface area contributed by atoms with Crippen molar-refractivity contribution in [2.45, 2.75) is 46.0 Å². The fourth-order valence-corrected chi connectivity index (χ4v) is 3.13. The first kappa shape index (κ1) is 16.6. The Morgan fingerprint density at radius 1 is 1.38 bits per heavy atom. The molecule has 1 amide bonds. The lowest BCUT2D eigenvalue weighted by molar-refractivity contribution is -0.135. The number of carbonyl (C=O) groups is 1. The molecule has 1 aliphatic rings. The molecule has 3 rings (SSSR count). The molecular weight excluding hydrogens is 304 g/mol. The van der Waals surface area contributed by atoms with E-state index in [1.165, 1.54) is 0 Å². The Morgan fingerprint density at radius 2 is 2.12 bits per heavy atom. The van der Waals surface area contributed by atoms with Crippen molar-refractivity contribution in [3.8, 4) is 11.5 Å². The molecule has 2 aromatic rings. The van der Waals surface area contributed by atoms with Gasteiger partial charge in [-0.15, -0.1) is 0 Å². The minimum atomic E-state index is 0.0492. The first-order valence-electron chi connectivity index (χ1n) is 8.66. The lowest BCUT2D eigenvalue weighted by atomic mass is 9.96. The number of carbonyl (C=O) groups excluding carboxylic acids is 1. The first-order chi connectivity index (χ1) is 11.6. The third kappa shape index (κ3) is 3.32. The molecule has 0 aromatic carbocycles. The van der Waals surface area contributed by atoms with Crippen LogP contribution in [-0.4, -0.2) is 39.0 Å². The van der Waals surface area contributed by atoms with Crippen molar-refractivity contribution in [2.75, 3.05) is 13.1 Å². The zero-order valence-corrected chi connectivity index (χ0v) is 14.5. The number of nitrogens with zero attached hydrogens (tertiary/aromatic N) is 4. The van der Waals surface area contributed by atoms with Crippen molar-refractivity contribution >= 4 is 5.91 Å². The number of hydrogen-bond acceptors (Lipinski definition) is 5. The number of piperidine rings is 1. The smallest absolute Gasteiger partial charge is 0.230 e. The molecular formula is C18H24N4O2. The summed E-state index contributed by atoms with van der Waals surface area (Å²) in [5.41, 5.74) is 1.91. The van der Waals surface area contributed by atoms with E-state index in [1.54, 1.807) is 6.20 Å². The zero-order chi connectivity index (χ0) is 17.1. The molecule has 24 heavy (non-hydrogen) atoms. The molecule has 0 saturated carbocycles. The van der Waals surface area contributed by atoms with Gasteiger partial charge in [0.05, 0.1) is 0 Å². The molecule has 0 bridgehead atoms. The van der Waals surface area contributed by atoms with E-state index in [9.17, 15) is 4.79 Å². The van der Waals surface area contributed by atoms with Gasteiger partial charge < -0.3 is 9.42 Å². The van der Waals surface area contributed by atoms with Crippen LogP contribution in [0.2, 0.25) is 0 Å². The summed E-state index contributed by atoms with van der Waals surface area (Å²) in [6.07, 6.45) is 4.36. The van der Waals surface area contributed by atoms with Crippen LogP contribution in [0.15, 0.2) is 22.9 Å². The van der Waals surface area contributed by atoms with Crippen LogP contribution < -0.4 is 0 Å². The van der Waals surface area contributed by atoms with E-state index >= 15 is 0 Å². The summed E-state index contributed by atoms with van der Waals surface area (Å²) in [7, 11) is 0. The summed E-state index contributed by atoms with van der Waals surface area (Å²) in [6, 6.07) is 3.96. The van der Waals surface area contributed by atoms with E-state index in [1.807, 2.05) is 30.9 Å². The van der Waals surface area contributed by atoms with Gasteiger partial charge in [-0.3, -0.25) is 9.78 Å². The molecule has 0 N–H and O–H groups in total. The molecule has 0 unspecified atom stereocenters. The molecule has 0 atom stereocenters. The highest BCUT2D eigenvalue weighted by Gasteiger charge is 2.28. The minimum Gasteiger partial charge on any atom is -0.342 e. The molecule has 1 fully saturated rings. The second-order valence-corrected chi connectivity index (χ2v) is 6.58. The lowest BCUT2D eigenvalue weighted by Crippen LogP contribution is -2.40. The standard InChI is InChI=1S/C18H24N4O2/c1-4-13-6-5-9-19-15(13)16-20-17(24-21-16)14-7-10-22(11-8-14)18(23)12(2)3/h5-6,9,12,14H,4,7-8,10-11H2,1-3H3. The fourth-order valence-electron chi connectivity index (χ4n) is 3.13. The Balaban J connectivity index is 1.70. The van der Waals surface area contributed by atoms with E-state index < -0.39 is 0 Å². The number of rotatable bonds is 4. The third-order valence-electron chi connectivity index (χ3n) is 4.58. The highest BCUT2D eigenvalue weighted by atomic mass is 16.5. The predicted octanol–water partition coefficient (Wildman–Crippen LogP) is 3.06. The van der Waals surface area contributed by atoms with Gasteiger partial charge in [-0.25, -0.2) is 0 Å². The van der Waals surface area contributed by atoms with Crippen LogP contribution in [-0.2, 0) is 11.2 Å². The van der Waals surface area contributed by atoms with Crippen LogP contribution in [0, 0.1) is 5.92 Å². The largest absolute Gasteiger partial charge is 0.342 e. The van der Waals surface area contributed by atoms with Gasteiger partial charge in [0.1, 0.15) is 5.69 Å². The molecule has 1 aliphatic heterocycles. The molecule has 3 heterocycles. The van der Waals surface area contributed by atoms with Crippen molar-refractivity contribution in [1.29, 1.82) is 0 Å². The van der Waals surface area contributed by atoms with Crippen LogP contribution in [0.3, 0.4) is 0 Å². The molecule has 0 spiro atoms. The summed E-state index contributed by atoms with van der Waals surface area (Å²) in [5, 5.41) is 4.12. The minimum absolute atomic E-state index is 0.0492. The molecule has 6 nitrogen and oxygen atoms in total. The van der Waals surface area contributed by atoms with Gasteiger partial charge in [-0.05, 0) is 30.9 Å².